The molecular weight excluding hydrogens is 234 g/mol. The van der Waals surface area contributed by atoms with Gasteiger partial charge in [-0.3, -0.25) is 0 Å². The number of nitrogens with one attached hydrogen (secondary N) is 1. The molecule has 0 radical (unpaired) electrons. The van der Waals surface area contributed by atoms with E-state index in [4.69, 9.17) is 4.74 Å². The molecule has 2 nitrogen and oxygen atoms in total. The van der Waals surface area contributed by atoms with E-state index >= 15 is 0 Å². The second-order valence-electron chi connectivity index (χ2n) is 6.28. The Kier molecular flexibility index (Phi) is 4.07. The molecule has 2 unspecified atom stereocenters. The summed E-state index contributed by atoms with van der Waals surface area (Å²) in [7, 11) is 0. The van der Waals surface area contributed by atoms with Crippen LogP contribution in [-0.2, 0) is 12.8 Å². The van der Waals surface area contributed by atoms with Crippen LogP contribution in [0.4, 0.5) is 0 Å². The molecule has 2 atom stereocenters. The predicted octanol–water partition coefficient (Wildman–Crippen LogP) is 3.19. The number of fused-ring (bicyclic) bond motifs is 1. The summed E-state index contributed by atoms with van der Waals surface area (Å²) in [5.74, 6) is 2.96. The molecule has 19 heavy (non-hydrogen) atoms. The summed E-state index contributed by atoms with van der Waals surface area (Å²) in [6.45, 7) is 5.55. The van der Waals surface area contributed by atoms with E-state index in [9.17, 15) is 0 Å². The Labute approximate surface area is 116 Å². The van der Waals surface area contributed by atoms with E-state index in [-0.39, 0.29) is 0 Å². The highest BCUT2D eigenvalue weighted by atomic mass is 16.5. The van der Waals surface area contributed by atoms with Crippen LogP contribution in [0.3, 0.4) is 0 Å². The number of rotatable bonds is 5. The third kappa shape index (κ3) is 3.30. The molecule has 1 saturated carbocycles. The molecular formula is C17H25NO. The molecule has 0 amide bonds. The molecule has 0 bridgehead atoms. The minimum absolute atomic E-state index is 0.858. The maximum Gasteiger partial charge on any atom is 0.122 e. The van der Waals surface area contributed by atoms with Crippen molar-refractivity contribution in [3.05, 3.63) is 29.3 Å². The Hall–Kier alpha value is -1.02. The molecule has 1 aliphatic heterocycles. The highest BCUT2D eigenvalue weighted by Crippen LogP contribution is 2.29. The maximum absolute atomic E-state index is 5.54. The van der Waals surface area contributed by atoms with Gasteiger partial charge in [-0.05, 0) is 61.4 Å². The zero-order chi connectivity index (χ0) is 13.1. The lowest BCUT2D eigenvalue weighted by Gasteiger charge is -2.11. The van der Waals surface area contributed by atoms with Crippen molar-refractivity contribution in [1.82, 2.24) is 5.32 Å². The summed E-state index contributed by atoms with van der Waals surface area (Å²) in [6.07, 6.45) is 6.48. The molecule has 0 spiro atoms. The molecule has 1 aromatic rings. The minimum atomic E-state index is 0.858. The summed E-state index contributed by atoms with van der Waals surface area (Å²) < 4.78 is 5.54. The second kappa shape index (κ2) is 5.96. The van der Waals surface area contributed by atoms with Crippen LogP contribution in [0.5, 0.6) is 5.75 Å². The molecule has 0 saturated heterocycles. The van der Waals surface area contributed by atoms with Crippen LogP contribution in [0.25, 0.3) is 0 Å². The lowest BCUT2D eigenvalue weighted by molar-refractivity contribution is 0.357. The Balaban J connectivity index is 1.40. The Morgan fingerprint density at radius 3 is 3.11 bits per heavy atom. The summed E-state index contributed by atoms with van der Waals surface area (Å²) in [5, 5.41) is 3.63. The lowest BCUT2D eigenvalue weighted by atomic mass is 10.1. The van der Waals surface area contributed by atoms with Gasteiger partial charge in [0.15, 0.2) is 0 Å². The maximum atomic E-state index is 5.54. The Morgan fingerprint density at radius 1 is 1.32 bits per heavy atom. The van der Waals surface area contributed by atoms with Gasteiger partial charge in [-0.15, -0.1) is 0 Å². The van der Waals surface area contributed by atoms with Crippen LogP contribution in [-0.4, -0.2) is 19.7 Å². The number of ether oxygens (including phenoxy) is 1. The highest BCUT2D eigenvalue weighted by Gasteiger charge is 2.20. The van der Waals surface area contributed by atoms with Crippen molar-refractivity contribution < 1.29 is 4.74 Å². The number of hydrogen-bond acceptors (Lipinski definition) is 2. The summed E-state index contributed by atoms with van der Waals surface area (Å²) in [4.78, 5) is 0. The van der Waals surface area contributed by atoms with E-state index in [0.717, 1.165) is 43.6 Å². The van der Waals surface area contributed by atoms with Crippen LogP contribution in [0.15, 0.2) is 18.2 Å². The molecule has 1 aliphatic carbocycles. The van der Waals surface area contributed by atoms with Crippen molar-refractivity contribution in [2.24, 2.45) is 11.8 Å². The predicted molar refractivity (Wildman–Crippen MR) is 78.7 cm³/mol. The quantitative estimate of drug-likeness (QED) is 0.820. The topological polar surface area (TPSA) is 21.3 Å². The molecule has 1 heterocycles. The van der Waals surface area contributed by atoms with E-state index < -0.39 is 0 Å². The minimum Gasteiger partial charge on any atom is -0.493 e. The molecule has 2 aliphatic rings. The SMILES string of the molecule is CC1CCC(CNCCc2ccc3c(c2)CCO3)C1. The third-order valence-electron chi connectivity index (χ3n) is 4.58. The molecule has 1 aromatic carbocycles. The molecule has 3 rings (SSSR count). The zero-order valence-electron chi connectivity index (χ0n) is 12.0. The van der Waals surface area contributed by atoms with Crippen LogP contribution < -0.4 is 10.1 Å². The molecule has 104 valence electrons. The fourth-order valence-corrected chi connectivity index (χ4v) is 3.44. The Bertz CT molecular complexity index is 429. The highest BCUT2D eigenvalue weighted by molar-refractivity contribution is 5.39. The first-order valence-electron chi connectivity index (χ1n) is 7.76. The van der Waals surface area contributed by atoms with E-state index in [2.05, 4.69) is 30.4 Å². The van der Waals surface area contributed by atoms with E-state index in [0.29, 0.717) is 0 Å². The van der Waals surface area contributed by atoms with Gasteiger partial charge in [0, 0.05) is 6.42 Å². The average Bonchev–Trinajstić information content (AvgIpc) is 3.03. The monoisotopic (exact) mass is 259 g/mol. The lowest BCUT2D eigenvalue weighted by Crippen LogP contribution is -2.23. The van der Waals surface area contributed by atoms with Crippen molar-refractivity contribution in [3.8, 4) is 5.75 Å². The first-order chi connectivity index (χ1) is 9.31. The van der Waals surface area contributed by atoms with Crippen LogP contribution in [0, 0.1) is 11.8 Å². The van der Waals surface area contributed by atoms with Gasteiger partial charge in [0.1, 0.15) is 5.75 Å². The van der Waals surface area contributed by atoms with E-state index in [1.807, 2.05) is 0 Å². The third-order valence-corrected chi connectivity index (χ3v) is 4.58. The van der Waals surface area contributed by atoms with Crippen molar-refractivity contribution in [2.75, 3.05) is 19.7 Å². The van der Waals surface area contributed by atoms with Gasteiger partial charge in [0.25, 0.3) is 0 Å². The normalized spacial score (nSPS) is 25.3. The van der Waals surface area contributed by atoms with Crippen LogP contribution in [0.2, 0.25) is 0 Å². The van der Waals surface area contributed by atoms with E-state index in [1.165, 1.54) is 36.9 Å². The molecule has 2 heteroatoms. The van der Waals surface area contributed by atoms with Gasteiger partial charge in [-0.2, -0.15) is 0 Å². The number of benzene rings is 1. The van der Waals surface area contributed by atoms with E-state index in [1.54, 1.807) is 0 Å². The fraction of sp³-hybridized carbons (Fsp3) is 0.647. The van der Waals surface area contributed by atoms with Gasteiger partial charge >= 0.3 is 0 Å². The summed E-state index contributed by atoms with van der Waals surface area (Å²) in [6, 6.07) is 6.67. The number of hydrogen-bond donors (Lipinski definition) is 1. The first kappa shape index (κ1) is 13.0. The Morgan fingerprint density at radius 2 is 2.26 bits per heavy atom. The van der Waals surface area contributed by atoms with Crippen molar-refractivity contribution in [1.29, 1.82) is 0 Å². The van der Waals surface area contributed by atoms with Crippen molar-refractivity contribution in [3.63, 3.8) is 0 Å². The van der Waals surface area contributed by atoms with Crippen LogP contribution in [0.1, 0.15) is 37.3 Å². The van der Waals surface area contributed by atoms with Gasteiger partial charge < -0.3 is 10.1 Å². The molecule has 0 aromatic heterocycles. The van der Waals surface area contributed by atoms with Gasteiger partial charge in [-0.25, -0.2) is 0 Å². The average molecular weight is 259 g/mol. The van der Waals surface area contributed by atoms with Crippen molar-refractivity contribution in [2.45, 2.75) is 39.0 Å². The summed E-state index contributed by atoms with van der Waals surface area (Å²) in [5.41, 5.74) is 2.83. The van der Waals surface area contributed by atoms with Gasteiger partial charge in [0.05, 0.1) is 6.61 Å². The smallest absolute Gasteiger partial charge is 0.122 e. The largest absolute Gasteiger partial charge is 0.493 e. The van der Waals surface area contributed by atoms with Crippen molar-refractivity contribution >= 4 is 0 Å². The van der Waals surface area contributed by atoms with Gasteiger partial charge in [0.2, 0.25) is 0 Å². The zero-order valence-corrected chi connectivity index (χ0v) is 12.0. The summed E-state index contributed by atoms with van der Waals surface area (Å²) >= 11 is 0. The standard InChI is InChI=1S/C17H25NO/c1-13-2-3-15(10-13)12-18-8-6-14-4-5-17-16(11-14)7-9-19-17/h4-5,11,13,15,18H,2-3,6-10,12H2,1H3. The van der Waals surface area contributed by atoms with Crippen LogP contribution >= 0.6 is 0 Å². The van der Waals surface area contributed by atoms with Gasteiger partial charge in [-0.1, -0.05) is 25.5 Å². The fourth-order valence-electron chi connectivity index (χ4n) is 3.44. The molecule has 1 fully saturated rings. The molecule has 1 N–H and O–H groups in total. The first-order valence-corrected chi connectivity index (χ1v) is 7.76. The second-order valence-corrected chi connectivity index (χ2v) is 6.28.